The van der Waals surface area contributed by atoms with E-state index in [1.807, 2.05) is 25.4 Å². The fourth-order valence-electron chi connectivity index (χ4n) is 2.09. The lowest BCUT2D eigenvalue weighted by atomic mass is 10.2. The maximum absolute atomic E-state index is 5.64. The van der Waals surface area contributed by atoms with Crippen molar-refractivity contribution in [3.05, 3.63) is 35.8 Å². The first kappa shape index (κ1) is 13.5. The number of hydrogen-bond acceptors (Lipinski definition) is 5. The summed E-state index contributed by atoms with van der Waals surface area (Å²) in [6.45, 7) is 5.18. The van der Waals surface area contributed by atoms with Crippen molar-refractivity contribution >= 4 is 17.0 Å². The zero-order valence-corrected chi connectivity index (χ0v) is 12.4. The summed E-state index contributed by atoms with van der Waals surface area (Å²) in [4.78, 5) is 4.31. The summed E-state index contributed by atoms with van der Waals surface area (Å²) in [5.74, 6) is -0.465. The molecule has 5 heteroatoms. The molecule has 0 spiro atoms. The quantitative estimate of drug-likeness (QED) is 0.941. The zero-order chi connectivity index (χ0) is 14.0. The van der Waals surface area contributed by atoms with E-state index >= 15 is 0 Å². The van der Waals surface area contributed by atoms with Gasteiger partial charge in [0, 0.05) is 22.8 Å². The number of aromatic nitrogens is 1. The second-order valence-corrected chi connectivity index (χ2v) is 6.17. The van der Waals surface area contributed by atoms with E-state index in [-0.39, 0.29) is 6.04 Å². The molecule has 1 N–H and O–H groups in total. The first-order chi connectivity index (χ1) is 9.62. The molecule has 0 atom stereocenters. The molecule has 0 unspecified atom stereocenters. The third kappa shape index (κ3) is 3.17. The van der Waals surface area contributed by atoms with E-state index < -0.39 is 5.79 Å². The van der Waals surface area contributed by atoms with Crippen molar-refractivity contribution in [1.29, 1.82) is 0 Å². The highest BCUT2D eigenvalue weighted by Gasteiger charge is 2.28. The molecule has 1 saturated heterocycles. The predicted octanol–water partition coefficient (Wildman–Crippen LogP) is 3.37. The normalized spacial score (nSPS) is 18.9. The molecule has 2 aromatic rings. The third-order valence-corrected chi connectivity index (χ3v) is 4.02. The van der Waals surface area contributed by atoms with Crippen LogP contribution in [0.4, 0.5) is 5.69 Å². The smallest absolute Gasteiger partial charge is 0.162 e. The summed E-state index contributed by atoms with van der Waals surface area (Å²) in [7, 11) is 0. The number of ether oxygens (including phenoxy) is 2. The Bertz CT molecular complexity index is 542. The second-order valence-electron chi connectivity index (χ2n) is 5.28. The van der Waals surface area contributed by atoms with Gasteiger partial charge in [0.05, 0.1) is 19.3 Å². The fourth-order valence-corrected chi connectivity index (χ4v) is 2.73. The predicted molar refractivity (Wildman–Crippen MR) is 80.9 cm³/mol. The van der Waals surface area contributed by atoms with Gasteiger partial charge < -0.3 is 14.8 Å². The van der Waals surface area contributed by atoms with Crippen LogP contribution < -0.4 is 5.32 Å². The highest BCUT2D eigenvalue weighted by molar-refractivity contribution is 7.13. The Morgan fingerprint density at radius 2 is 1.90 bits per heavy atom. The van der Waals surface area contributed by atoms with E-state index in [0.29, 0.717) is 13.2 Å². The van der Waals surface area contributed by atoms with Gasteiger partial charge >= 0.3 is 0 Å². The van der Waals surface area contributed by atoms with Crippen LogP contribution in [0.5, 0.6) is 0 Å². The third-order valence-electron chi connectivity index (χ3n) is 3.20. The summed E-state index contributed by atoms with van der Waals surface area (Å²) in [5.41, 5.74) is 2.21. The molecule has 0 radical (unpaired) electrons. The van der Waals surface area contributed by atoms with Gasteiger partial charge in [-0.25, -0.2) is 4.98 Å². The number of anilines is 1. The molecular weight excluding hydrogens is 272 g/mol. The highest BCUT2D eigenvalue weighted by Crippen LogP contribution is 2.24. The standard InChI is InChI=1S/C15H18N2O2S/c1-15(2)18-9-13(10-19-15)17-12-5-3-11(4-6-12)14-16-7-8-20-14/h3-8,13,17H,9-10H2,1-2H3. The maximum Gasteiger partial charge on any atom is 0.162 e. The Kier molecular flexibility index (Phi) is 3.74. The van der Waals surface area contributed by atoms with Gasteiger partial charge in [-0.3, -0.25) is 0 Å². The Morgan fingerprint density at radius 1 is 1.20 bits per heavy atom. The fraction of sp³-hybridized carbons (Fsp3) is 0.400. The lowest BCUT2D eigenvalue weighted by Crippen LogP contribution is -2.45. The minimum Gasteiger partial charge on any atom is -0.378 e. The topological polar surface area (TPSA) is 43.4 Å². The number of rotatable bonds is 3. The molecule has 0 bridgehead atoms. The zero-order valence-electron chi connectivity index (χ0n) is 11.6. The average molecular weight is 290 g/mol. The molecule has 3 rings (SSSR count). The van der Waals surface area contributed by atoms with E-state index in [4.69, 9.17) is 9.47 Å². The molecular formula is C15H18N2O2S. The Balaban J connectivity index is 1.61. The molecule has 4 nitrogen and oxygen atoms in total. The number of hydrogen-bond donors (Lipinski definition) is 1. The highest BCUT2D eigenvalue weighted by atomic mass is 32.1. The summed E-state index contributed by atoms with van der Waals surface area (Å²) < 4.78 is 11.3. The first-order valence-corrected chi connectivity index (χ1v) is 7.55. The summed E-state index contributed by atoms with van der Waals surface area (Å²) in [6, 6.07) is 8.48. The summed E-state index contributed by atoms with van der Waals surface area (Å²) >= 11 is 1.65. The van der Waals surface area contributed by atoms with Gasteiger partial charge in [0.1, 0.15) is 5.01 Å². The van der Waals surface area contributed by atoms with Crippen LogP contribution in [-0.2, 0) is 9.47 Å². The van der Waals surface area contributed by atoms with Crippen molar-refractivity contribution in [2.24, 2.45) is 0 Å². The Morgan fingerprint density at radius 3 is 2.50 bits per heavy atom. The van der Waals surface area contributed by atoms with Crippen molar-refractivity contribution in [3.63, 3.8) is 0 Å². The van der Waals surface area contributed by atoms with Crippen molar-refractivity contribution in [2.75, 3.05) is 18.5 Å². The summed E-state index contributed by atoms with van der Waals surface area (Å²) in [5, 5.41) is 6.45. The van der Waals surface area contributed by atoms with Crippen LogP contribution in [0.2, 0.25) is 0 Å². The monoisotopic (exact) mass is 290 g/mol. The lowest BCUT2D eigenvalue weighted by molar-refractivity contribution is -0.247. The van der Waals surface area contributed by atoms with E-state index in [1.165, 1.54) is 0 Å². The number of benzene rings is 1. The number of nitrogens with one attached hydrogen (secondary N) is 1. The maximum atomic E-state index is 5.64. The molecule has 0 aliphatic carbocycles. The van der Waals surface area contributed by atoms with Crippen molar-refractivity contribution in [3.8, 4) is 10.6 Å². The molecule has 1 aromatic carbocycles. The van der Waals surface area contributed by atoms with Gasteiger partial charge in [-0.15, -0.1) is 11.3 Å². The average Bonchev–Trinajstić information content (AvgIpc) is 2.96. The van der Waals surface area contributed by atoms with E-state index in [9.17, 15) is 0 Å². The van der Waals surface area contributed by atoms with Gasteiger partial charge in [-0.1, -0.05) is 0 Å². The minimum absolute atomic E-state index is 0.189. The SMILES string of the molecule is CC1(C)OCC(Nc2ccc(-c3nccs3)cc2)CO1. The lowest BCUT2D eigenvalue weighted by Gasteiger charge is -2.35. The number of thiazole rings is 1. The van der Waals surface area contributed by atoms with Crippen molar-refractivity contribution in [2.45, 2.75) is 25.7 Å². The second kappa shape index (κ2) is 5.52. The Labute approximate surface area is 122 Å². The van der Waals surface area contributed by atoms with Gasteiger partial charge in [0.25, 0.3) is 0 Å². The van der Waals surface area contributed by atoms with E-state index in [2.05, 4.69) is 34.6 Å². The Hall–Kier alpha value is -1.43. The summed E-state index contributed by atoms with van der Waals surface area (Å²) in [6.07, 6.45) is 1.82. The van der Waals surface area contributed by atoms with Crippen LogP contribution >= 0.6 is 11.3 Å². The van der Waals surface area contributed by atoms with Crippen molar-refractivity contribution < 1.29 is 9.47 Å². The molecule has 2 heterocycles. The van der Waals surface area contributed by atoms with Crippen LogP contribution in [0.3, 0.4) is 0 Å². The number of nitrogens with zero attached hydrogens (tertiary/aromatic N) is 1. The molecule has 1 aromatic heterocycles. The molecule has 1 aliphatic rings. The van der Waals surface area contributed by atoms with Gasteiger partial charge in [0.15, 0.2) is 5.79 Å². The van der Waals surface area contributed by atoms with Crippen LogP contribution in [0.25, 0.3) is 10.6 Å². The van der Waals surface area contributed by atoms with Gasteiger partial charge in [0.2, 0.25) is 0 Å². The largest absolute Gasteiger partial charge is 0.378 e. The van der Waals surface area contributed by atoms with Crippen LogP contribution in [0, 0.1) is 0 Å². The van der Waals surface area contributed by atoms with Gasteiger partial charge in [-0.2, -0.15) is 0 Å². The van der Waals surface area contributed by atoms with Gasteiger partial charge in [-0.05, 0) is 38.1 Å². The molecule has 0 amide bonds. The molecule has 106 valence electrons. The van der Waals surface area contributed by atoms with Crippen LogP contribution in [-0.4, -0.2) is 30.0 Å². The molecule has 1 aliphatic heterocycles. The first-order valence-electron chi connectivity index (χ1n) is 6.67. The van der Waals surface area contributed by atoms with E-state index in [1.54, 1.807) is 11.3 Å². The molecule has 20 heavy (non-hydrogen) atoms. The molecule has 1 fully saturated rings. The molecule has 0 saturated carbocycles. The van der Waals surface area contributed by atoms with Crippen LogP contribution in [0.15, 0.2) is 35.8 Å². The van der Waals surface area contributed by atoms with E-state index in [0.717, 1.165) is 16.3 Å². The minimum atomic E-state index is -0.465. The van der Waals surface area contributed by atoms with Crippen molar-refractivity contribution in [1.82, 2.24) is 4.98 Å². The van der Waals surface area contributed by atoms with Crippen LogP contribution in [0.1, 0.15) is 13.8 Å².